The Labute approximate surface area is 135 Å². The molecule has 0 fully saturated rings. The van der Waals surface area contributed by atoms with Gasteiger partial charge in [-0.15, -0.1) is 11.3 Å². The number of carbonyl (C=O) groups excluding carboxylic acids is 1. The van der Waals surface area contributed by atoms with Crippen LogP contribution in [0.5, 0.6) is 0 Å². The third-order valence-electron chi connectivity index (χ3n) is 3.22. The van der Waals surface area contributed by atoms with Crippen LogP contribution in [0, 0.1) is 0 Å². The van der Waals surface area contributed by atoms with Crippen molar-refractivity contribution in [2.45, 2.75) is 32.8 Å². The number of amides is 1. The Balaban J connectivity index is 2.08. The molecule has 0 saturated heterocycles. The topological polar surface area (TPSA) is 53.4 Å². The first-order valence-corrected chi connectivity index (χ1v) is 8.27. The molecule has 0 unspecified atom stereocenters. The van der Waals surface area contributed by atoms with Crippen molar-refractivity contribution in [2.24, 2.45) is 0 Å². The maximum atomic E-state index is 12.5. The van der Waals surface area contributed by atoms with Crippen LogP contribution in [0.15, 0.2) is 35.7 Å². The lowest BCUT2D eigenvalue weighted by atomic mass is 10.1. The number of aliphatic hydroxyl groups is 1. The fourth-order valence-corrected chi connectivity index (χ4v) is 3.02. The molecule has 4 nitrogen and oxygen atoms in total. The zero-order valence-electron chi connectivity index (χ0n) is 13.2. The van der Waals surface area contributed by atoms with Crippen molar-refractivity contribution in [3.8, 4) is 0 Å². The van der Waals surface area contributed by atoms with Crippen LogP contribution in [-0.2, 0) is 6.42 Å². The summed E-state index contributed by atoms with van der Waals surface area (Å²) in [4.78, 5) is 18.6. The van der Waals surface area contributed by atoms with Crippen molar-refractivity contribution in [2.75, 3.05) is 13.1 Å². The maximum Gasteiger partial charge on any atom is 0.273 e. The number of likely N-dealkylation sites (N-methyl/N-ethyl adjacent to an activating group) is 1. The van der Waals surface area contributed by atoms with E-state index in [0.29, 0.717) is 18.8 Å². The minimum absolute atomic E-state index is 0.125. The summed E-state index contributed by atoms with van der Waals surface area (Å²) in [5, 5.41) is 12.6. The lowest BCUT2D eigenvalue weighted by Crippen LogP contribution is -2.42. The van der Waals surface area contributed by atoms with Crippen LogP contribution in [0.4, 0.5) is 0 Å². The van der Waals surface area contributed by atoms with Crippen LogP contribution in [0.3, 0.4) is 0 Å². The van der Waals surface area contributed by atoms with Gasteiger partial charge in [0, 0.05) is 24.9 Å². The van der Waals surface area contributed by atoms with Gasteiger partial charge < -0.3 is 10.0 Å². The summed E-state index contributed by atoms with van der Waals surface area (Å²) in [6.07, 6.45) is 0.733. The van der Waals surface area contributed by atoms with Gasteiger partial charge in [-0.05, 0) is 26.3 Å². The highest BCUT2D eigenvalue weighted by atomic mass is 32.1. The maximum absolute atomic E-state index is 12.5. The Bertz CT molecular complexity index is 617. The Morgan fingerprint density at radius 1 is 1.32 bits per heavy atom. The summed E-state index contributed by atoms with van der Waals surface area (Å²) >= 11 is 1.50. The Hall–Kier alpha value is -1.72. The zero-order valence-corrected chi connectivity index (χ0v) is 14.1. The average molecular weight is 318 g/mol. The van der Waals surface area contributed by atoms with E-state index in [-0.39, 0.29) is 5.91 Å². The third kappa shape index (κ3) is 4.64. The molecule has 1 N–H and O–H groups in total. The van der Waals surface area contributed by atoms with Crippen LogP contribution in [0.1, 0.15) is 41.8 Å². The summed E-state index contributed by atoms with van der Waals surface area (Å²) in [5.41, 5.74) is 0.732. The quantitative estimate of drug-likeness (QED) is 0.891. The number of benzene rings is 1. The molecule has 22 heavy (non-hydrogen) atoms. The molecule has 0 radical (unpaired) electrons. The van der Waals surface area contributed by atoms with Crippen LogP contribution >= 0.6 is 11.3 Å². The van der Waals surface area contributed by atoms with Crippen molar-refractivity contribution in [3.63, 3.8) is 0 Å². The molecule has 1 amide bonds. The Morgan fingerprint density at radius 3 is 2.59 bits per heavy atom. The van der Waals surface area contributed by atoms with Crippen molar-refractivity contribution in [1.29, 1.82) is 0 Å². The van der Waals surface area contributed by atoms with Crippen LogP contribution < -0.4 is 0 Å². The number of carbonyl (C=O) groups is 1. The van der Waals surface area contributed by atoms with E-state index < -0.39 is 5.60 Å². The lowest BCUT2D eigenvalue weighted by Gasteiger charge is -2.27. The summed E-state index contributed by atoms with van der Waals surface area (Å²) in [5.74, 6) is -0.125. The van der Waals surface area contributed by atoms with Gasteiger partial charge in [0.15, 0.2) is 0 Å². The zero-order chi connectivity index (χ0) is 16.2. The monoisotopic (exact) mass is 318 g/mol. The lowest BCUT2D eigenvalue weighted by molar-refractivity contribution is 0.0312. The van der Waals surface area contributed by atoms with Crippen LogP contribution in [0.2, 0.25) is 0 Å². The fraction of sp³-hybridized carbons (Fsp3) is 0.412. The highest BCUT2D eigenvalue weighted by molar-refractivity contribution is 7.09. The molecule has 0 saturated carbocycles. The first-order valence-electron chi connectivity index (χ1n) is 7.39. The smallest absolute Gasteiger partial charge is 0.273 e. The minimum atomic E-state index is -0.908. The molecule has 0 aliphatic carbocycles. The Kier molecular flexibility index (Phi) is 5.32. The Morgan fingerprint density at radius 2 is 2.00 bits per heavy atom. The molecule has 1 heterocycles. The molecular weight excluding hydrogens is 296 g/mol. The SMILES string of the molecule is CCN(CC(C)(C)O)C(=O)c1csc(Cc2ccccc2)n1. The number of nitrogens with zero attached hydrogens (tertiary/aromatic N) is 2. The molecule has 0 bridgehead atoms. The van der Waals surface area contributed by atoms with Crippen LogP contribution in [0.25, 0.3) is 0 Å². The van der Waals surface area contributed by atoms with E-state index in [9.17, 15) is 9.90 Å². The number of thiazole rings is 1. The van der Waals surface area contributed by atoms with Gasteiger partial charge in [-0.1, -0.05) is 30.3 Å². The van der Waals surface area contributed by atoms with Gasteiger partial charge in [0.2, 0.25) is 0 Å². The van der Waals surface area contributed by atoms with Crippen molar-refractivity contribution < 1.29 is 9.90 Å². The van der Waals surface area contributed by atoms with Gasteiger partial charge in [-0.3, -0.25) is 4.79 Å². The van der Waals surface area contributed by atoms with Gasteiger partial charge >= 0.3 is 0 Å². The van der Waals surface area contributed by atoms with E-state index in [1.807, 2.05) is 25.1 Å². The number of rotatable bonds is 6. The number of hydrogen-bond donors (Lipinski definition) is 1. The van der Waals surface area contributed by atoms with E-state index in [2.05, 4.69) is 17.1 Å². The summed E-state index contributed by atoms with van der Waals surface area (Å²) < 4.78 is 0. The van der Waals surface area contributed by atoms with Crippen molar-refractivity contribution in [1.82, 2.24) is 9.88 Å². The highest BCUT2D eigenvalue weighted by Gasteiger charge is 2.23. The second-order valence-electron chi connectivity index (χ2n) is 5.92. The van der Waals surface area contributed by atoms with E-state index in [0.717, 1.165) is 11.4 Å². The standard InChI is InChI=1S/C17H22N2O2S/c1-4-19(12-17(2,3)21)16(20)14-11-22-15(18-14)10-13-8-6-5-7-9-13/h5-9,11,21H,4,10,12H2,1-3H3. The second kappa shape index (κ2) is 7.03. The molecule has 0 atom stereocenters. The molecule has 0 spiro atoms. The predicted octanol–water partition coefficient (Wildman–Crippen LogP) is 2.97. The number of aromatic nitrogens is 1. The van der Waals surface area contributed by atoms with E-state index in [1.54, 1.807) is 24.1 Å². The molecule has 0 aliphatic rings. The molecule has 5 heteroatoms. The van der Waals surface area contributed by atoms with Crippen LogP contribution in [-0.4, -0.2) is 39.6 Å². The van der Waals surface area contributed by atoms with Gasteiger partial charge in [0.1, 0.15) is 5.69 Å². The molecule has 118 valence electrons. The van der Waals surface area contributed by atoms with Gasteiger partial charge in [-0.2, -0.15) is 0 Å². The molecule has 1 aromatic carbocycles. The third-order valence-corrected chi connectivity index (χ3v) is 4.06. The first-order chi connectivity index (χ1) is 10.4. The second-order valence-corrected chi connectivity index (χ2v) is 6.86. The molecule has 1 aromatic heterocycles. The van der Waals surface area contributed by atoms with Gasteiger partial charge in [-0.25, -0.2) is 4.98 Å². The molecule has 2 rings (SSSR count). The van der Waals surface area contributed by atoms with Crippen molar-refractivity contribution >= 4 is 17.2 Å². The summed E-state index contributed by atoms with van der Waals surface area (Å²) in [7, 11) is 0. The van der Waals surface area contributed by atoms with E-state index in [1.165, 1.54) is 16.9 Å². The van der Waals surface area contributed by atoms with Crippen molar-refractivity contribution in [3.05, 3.63) is 52.0 Å². The molecule has 2 aromatic rings. The summed E-state index contributed by atoms with van der Waals surface area (Å²) in [6.45, 7) is 6.15. The predicted molar refractivity (Wildman–Crippen MR) is 89.2 cm³/mol. The fourth-order valence-electron chi connectivity index (χ4n) is 2.22. The van der Waals surface area contributed by atoms with E-state index >= 15 is 0 Å². The van der Waals surface area contributed by atoms with Gasteiger partial charge in [0.25, 0.3) is 5.91 Å². The molecule has 0 aliphatic heterocycles. The first kappa shape index (κ1) is 16.6. The largest absolute Gasteiger partial charge is 0.389 e. The molecular formula is C17H22N2O2S. The minimum Gasteiger partial charge on any atom is -0.389 e. The number of hydrogen-bond acceptors (Lipinski definition) is 4. The summed E-state index contributed by atoms with van der Waals surface area (Å²) in [6, 6.07) is 10.1. The normalized spacial score (nSPS) is 11.5. The highest BCUT2D eigenvalue weighted by Crippen LogP contribution is 2.17. The van der Waals surface area contributed by atoms with Gasteiger partial charge in [0.05, 0.1) is 10.6 Å². The van der Waals surface area contributed by atoms with E-state index in [4.69, 9.17) is 0 Å². The average Bonchev–Trinajstić information content (AvgIpc) is 2.92.